The molecule has 0 saturated carbocycles. The Balaban J connectivity index is 3.53. The van der Waals surface area contributed by atoms with Crippen LogP contribution in [-0.4, -0.2) is 0 Å². The molecule has 0 saturated heterocycles. The highest BCUT2D eigenvalue weighted by Crippen LogP contribution is 2.39. The van der Waals surface area contributed by atoms with Crippen LogP contribution >= 0.6 is 67.8 Å². The average Bonchev–Trinajstić information content (AvgIpc) is 1.97. The highest BCUT2D eigenvalue weighted by atomic mass is 127. The zero-order valence-corrected chi connectivity index (χ0v) is 12.9. The van der Waals surface area contributed by atoms with E-state index in [0.717, 1.165) is 0 Å². The van der Waals surface area contributed by atoms with E-state index in [1.54, 1.807) is 45.2 Å². The van der Waals surface area contributed by atoms with Crippen LogP contribution in [0.25, 0.3) is 0 Å². The Labute approximate surface area is 119 Å². The largest absolute Gasteiger partial charge is 0.418 e. The quantitative estimate of drug-likeness (QED) is 0.391. The van der Waals surface area contributed by atoms with Crippen molar-refractivity contribution < 1.29 is 13.2 Å². The number of nitrogen functional groups attached to an aromatic ring is 1. The van der Waals surface area contributed by atoms with Crippen LogP contribution in [0, 0.1) is 10.7 Å². The lowest BCUT2D eigenvalue weighted by atomic mass is 10.2. The molecule has 0 unspecified atom stereocenters. The number of hydrogen-bond donors (Lipinski definition) is 1. The second-order valence-corrected chi connectivity index (χ2v) is 5.84. The summed E-state index contributed by atoms with van der Waals surface area (Å²) in [5.41, 5.74) is 5.08. The zero-order valence-electron chi connectivity index (χ0n) is 6.42. The first-order valence-corrected chi connectivity index (χ1v) is 6.49. The summed E-state index contributed by atoms with van der Waals surface area (Å²) in [6.45, 7) is 0. The molecule has 0 spiro atoms. The van der Waals surface area contributed by atoms with Crippen molar-refractivity contribution in [2.75, 3.05) is 5.73 Å². The second kappa shape index (κ2) is 4.47. The van der Waals surface area contributed by atoms with Gasteiger partial charge >= 0.3 is 6.18 Å². The smallest absolute Gasteiger partial charge is 0.397 e. The molecule has 1 nitrogen and oxygen atoms in total. The summed E-state index contributed by atoms with van der Waals surface area (Å²) in [4.78, 5) is 0. The minimum Gasteiger partial charge on any atom is -0.397 e. The molecule has 1 rings (SSSR count). The van der Waals surface area contributed by atoms with E-state index < -0.39 is 11.7 Å². The Kier molecular flexibility index (Phi) is 4.17. The summed E-state index contributed by atoms with van der Waals surface area (Å²) in [6.07, 6.45) is -4.34. The predicted octanol–water partition coefficient (Wildman–Crippen LogP) is 4.10. The molecule has 1 aromatic carbocycles. The van der Waals surface area contributed by atoms with E-state index in [4.69, 9.17) is 5.73 Å². The van der Waals surface area contributed by atoms with Gasteiger partial charge < -0.3 is 5.73 Å². The van der Waals surface area contributed by atoms with Crippen LogP contribution in [0.5, 0.6) is 0 Å². The fourth-order valence-electron chi connectivity index (χ4n) is 0.865. The molecular formula is C7H3F3I3N. The minimum atomic E-state index is -4.34. The van der Waals surface area contributed by atoms with Crippen LogP contribution < -0.4 is 5.73 Å². The molecule has 0 amide bonds. The molecule has 0 bridgehead atoms. The van der Waals surface area contributed by atoms with E-state index in [9.17, 15) is 13.2 Å². The number of rotatable bonds is 0. The first-order valence-electron chi connectivity index (χ1n) is 3.25. The van der Waals surface area contributed by atoms with E-state index in [1.807, 2.05) is 22.6 Å². The first kappa shape index (κ1) is 13.1. The number of alkyl halides is 3. The number of hydrogen-bond acceptors (Lipinski definition) is 1. The summed E-state index contributed by atoms with van der Waals surface area (Å²) in [5, 5.41) is 0. The standard InChI is InChI=1S/C7H3F3I3N/c8-7(9,10)4-2(11)1-3(12)6(14)5(4)13/h1H,14H2. The van der Waals surface area contributed by atoms with E-state index in [0.29, 0.717) is 3.57 Å². The Hall–Kier alpha value is 1.00. The monoisotopic (exact) mass is 539 g/mol. The van der Waals surface area contributed by atoms with Crippen LogP contribution in [0.2, 0.25) is 0 Å². The highest BCUT2D eigenvalue weighted by molar-refractivity contribution is 14.1. The fraction of sp³-hybridized carbons (Fsp3) is 0.143. The molecule has 0 atom stereocenters. The van der Waals surface area contributed by atoms with E-state index in [2.05, 4.69) is 0 Å². The van der Waals surface area contributed by atoms with Gasteiger partial charge in [-0.15, -0.1) is 0 Å². The molecule has 0 aliphatic rings. The SMILES string of the molecule is Nc1c(I)cc(I)c(C(F)(F)F)c1I. The van der Waals surface area contributed by atoms with Crippen molar-refractivity contribution in [3.8, 4) is 0 Å². The van der Waals surface area contributed by atoms with Gasteiger partial charge in [0.15, 0.2) is 0 Å². The van der Waals surface area contributed by atoms with Crippen molar-refractivity contribution in [1.29, 1.82) is 0 Å². The van der Waals surface area contributed by atoms with Gasteiger partial charge in [-0.2, -0.15) is 13.2 Å². The third kappa shape index (κ3) is 2.57. The third-order valence-corrected chi connectivity index (χ3v) is 4.35. The fourth-order valence-corrected chi connectivity index (χ4v) is 4.85. The average molecular weight is 539 g/mol. The minimum absolute atomic E-state index is 0.0754. The molecule has 7 heteroatoms. The molecule has 0 aromatic heterocycles. The van der Waals surface area contributed by atoms with Gasteiger partial charge in [-0.3, -0.25) is 0 Å². The van der Waals surface area contributed by atoms with E-state index in [-0.39, 0.29) is 12.8 Å². The van der Waals surface area contributed by atoms with Crippen molar-refractivity contribution >= 4 is 73.5 Å². The van der Waals surface area contributed by atoms with E-state index >= 15 is 0 Å². The Morgan fingerprint density at radius 1 is 1.07 bits per heavy atom. The first-order chi connectivity index (χ1) is 6.25. The number of benzene rings is 1. The molecule has 2 N–H and O–H groups in total. The summed E-state index contributed by atoms with van der Waals surface area (Å²) in [6, 6.07) is 1.43. The lowest BCUT2D eigenvalue weighted by molar-refractivity contribution is -0.138. The van der Waals surface area contributed by atoms with Crippen molar-refractivity contribution in [1.82, 2.24) is 0 Å². The van der Waals surface area contributed by atoms with Gasteiger partial charge in [0.25, 0.3) is 0 Å². The summed E-state index contributed by atoms with van der Waals surface area (Å²) in [5.74, 6) is 0. The van der Waals surface area contributed by atoms with Crippen molar-refractivity contribution in [2.45, 2.75) is 6.18 Å². The van der Waals surface area contributed by atoms with Gasteiger partial charge in [0, 0.05) is 7.14 Å². The molecular weight excluding hydrogens is 536 g/mol. The molecule has 14 heavy (non-hydrogen) atoms. The lowest BCUT2D eigenvalue weighted by Gasteiger charge is -2.14. The maximum Gasteiger partial charge on any atom is 0.418 e. The maximum atomic E-state index is 12.6. The molecule has 1 aromatic rings. The van der Waals surface area contributed by atoms with Crippen LogP contribution in [0.15, 0.2) is 6.07 Å². The number of nitrogens with two attached hydrogens (primary N) is 1. The molecule has 0 heterocycles. The third-order valence-electron chi connectivity index (χ3n) is 1.49. The van der Waals surface area contributed by atoms with Crippen LogP contribution in [0.4, 0.5) is 18.9 Å². The second-order valence-electron chi connectivity index (χ2n) is 2.44. The van der Waals surface area contributed by atoms with Gasteiger partial charge in [0.05, 0.1) is 14.8 Å². The van der Waals surface area contributed by atoms with Gasteiger partial charge in [-0.25, -0.2) is 0 Å². The molecule has 0 aliphatic carbocycles. The van der Waals surface area contributed by atoms with Crippen LogP contribution in [-0.2, 0) is 6.18 Å². The maximum absolute atomic E-state index is 12.6. The Morgan fingerprint density at radius 3 is 2.00 bits per heavy atom. The van der Waals surface area contributed by atoms with Crippen LogP contribution in [0.1, 0.15) is 5.56 Å². The lowest BCUT2D eigenvalue weighted by Crippen LogP contribution is -2.12. The van der Waals surface area contributed by atoms with Crippen molar-refractivity contribution in [2.24, 2.45) is 0 Å². The summed E-state index contributed by atoms with van der Waals surface area (Å²) >= 11 is 5.21. The zero-order chi connectivity index (χ0) is 11.1. The number of halogens is 6. The van der Waals surface area contributed by atoms with Gasteiger partial charge in [-0.1, -0.05) is 0 Å². The molecule has 0 radical (unpaired) electrons. The molecule has 0 aliphatic heterocycles. The molecule has 78 valence electrons. The predicted molar refractivity (Wildman–Crippen MR) is 74.0 cm³/mol. The van der Waals surface area contributed by atoms with E-state index in [1.165, 1.54) is 6.07 Å². The van der Waals surface area contributed by atoms with Gasteiger partial charge in [-0.05, 0) is 73.8 Å². The highest BCUT2D eigenvalue weighted by Gasteiger charge is 2.36. The molecule has 0 fully saturated rings. The van der Waals surface area contributed by atoms with Crippen LogP contribution in [0.3, 0.4) is 0 Å². The number of anilines is 1. The summed E-state index contributed by atoms with van der Waals surface area (Å²) < 4.78 is 38.6. The Bertz CT molecular complexity index is 375. The van der Waals surface area contributed by atoms with Crippen molar-refractivity contribution in [3.63, 3.8) is 0 Å². The van der Waals surface area contributed by atoms with Gasteiger partial charge in [0.1, 0.15) is 0 Å². The normalized spacial score (nSPS) is 11.9. The van der Waals surface area contributed by atoms with Crippen molar-refractivity contribution in [3.05, 3.63) is 22.3 Å². The van der Waals surface area contributed by atoms with Gasteiger partial charge in [0.2, 0.25) is 0 Å². The topological polar surface area (TPSA) is 26.0 Å². The summed E-state index contributed by atoms with van der Waals surface area (Å²) in [7, 11) is 0. The Morgan fingerprint density at radius 2 is 1.57 bits per heavy atom.